The van der Waals surface area contributed by atoms with E-state index in [9.17, 15) is 39.6 Å². The monoisotopic (exact) mass is 1670 g/mol. The topological polar surface area (TPSA) is 230 Å². The molecule has 0 radical (unpaired) electrons. The molecule has 6 unspecified atom stereocenters. The van der Waals surface area contributed by atoms with Gasteiger partial charge >= 0.3 is 0 Å². The average Bonchev–Trinajstić information content (AvgIpc) is 1.62. The van der Waals surface area contributed by atoms with Crippen molar-refractivity contribution in [3.8, 4) is 0 Å². The lowest BCUT2D eigenvalue weighted by molar-refractivity contribution is -0.131. The molecule has 3 saturated heterocycles. The number of carbonyl (C=O) groups is 3. The normalized spacial score (nSPS) is 20.4. The maximum atomic E-state index is 13.6. The highest BCUT2D eigenvalue weighted by Gasteiger charge is 2.45. The number of nitrogens with zero attached hydrogens (tertiary/aromatic N) is 10. The molecule has 9 aromatic rings. The Labute approximate surface area is 696 Å². The number of carbonyl (C=O) groups excluding carboxylic acids is 3. The molecule has 7 aliphatic rings. The molecule has 16 rings (SSSR count). The van der Waals surface area contributed by atoms with Gasteiger partial charge in [-0.1, -0.05) is 117 Å². The largest absolute Gasteiger partial charge is 0.341 e. The fraction of sp³-hybridized carbons (Fsp3) is 0.489. The molecule has 116 heavy (non-hydrogen) atoms. The number of sulfone groups is 3. The van der Waals surface area contributed by atoms with E-state index in [2.05, 4.69) is 120 Å². The Morgan fingerprint density at radius 1 is 0.371 bits per heavy atom. The summed E-state index contributed by atoms with van der Waals surface area (Å²) >= 11 is 12.8. The summed E-state index contributed by atoms with van der Waals surface area (Å²) in [6, 6.07) is 49.9. The number of amides is 3. The van der Waals surface area contributed by atoms with E-state index in [1.54, 1.807) is 57.2 Å². The zero-order valence-corrected chi connectivity index (χ0v) is 72.4. The molecule has 3 aliphatic heterocycles. The van der Waals surface area contributed by atoms with Crippen LogP contribution >= 0.6 is 23.2 Å². The Morgan fingerprint density at radius 3 is 1.00 bits per heavy atom. The highest BCUT2D eigenvalue weighted by atomic mass is 35.5. The van der Waals surface area contributed by atoms with Gasteiger partial charge in [-0.3, -0.25) is 33.4 Å². The third kappa shape index (κ3) is 19.8. The smallest absolute Gasteiger partial charge is 0.222 e. The third-order valence-corrected chi connectivity index (χ3v) is 30.3. The second-order valence-electron chi connectivity index (χ2n) is 34.0. The van der Waals surface area contributed by atoms with Crippen molar-refractivity contribution in [2.75, 3.05) is 56.5 Å². The van der Waals surface area contributed by atoms with Crippen LogP contribution in [0, 0.1) is 0 Å². The minimum absolute atomic E-state index is 0.0360. The van der Waals surface area contributed by atoms with E-state index in [1.807, 2.05) is 70.5 Å². The number of benzene rings is 5. The van der Waals surface area contributed by atoms with Crippen molar-refractivity contribution in [2.45, 2.75) is 244 Å². The first-order chi connectivity index (χ1) is 55.5. The van der Waals surface area contributed by atoms with Crippen LogP contribution in [0.25, 0.3) is 0 Å². The van der Waals surface area contributed by atoms with Crippen molar-refractivity contribution in [3.63, 3.8) is 0 Å². The molecule has 7 fully saturated rings. The quantitative estimate of drug-likeness (QED) is 0.0445. The molecule has 6 atom stereocenters. The zero-order valence-electron chi connectivity index (χ0n) is 68.4. The maximum Gasteiger partial charge on any atom is 0.222 e. The van der Waals surface area contributed by atoms with E-state index < -0.39 is 29.5 Å². The molecule has 5 aromatic carbocycles. The molecule has 19 nitrogen and oxygen atoms in total. The lowest BCUT2D eigenvalue weighted by Crippen LogP contribution is -2.29. The Morgan fingerprint density at radius 2 is 0.681 bits per heavy atom. The van der Waals surface area contributed by atoms with Crippen LogP contribution in [0.2, 0.25) is 10.0 Å². The number of likely N-dealkylation sites (tertiary alicyclic amines) is 3. The first kappa shape index (κ1) is 84.2. The van der Waals surface area contributed by atoms with Crippen LogP contribution in [0.1, 0.15) is 283 Å². The number of rotatable bonds is 28. The summed E-state index contributed by atoms with van der Waals surface area (Å²) in [4.78, 5) is 51.6. The average molecular weight is 1670 g/mol. The van der Waals surface area contributed by atoms with Crippen molar-refractivity contribution in [1.82, 2.24) is 49.0 Å². The predicted octanol–water partition coefficient (Wildman–Crippen LogP) is 18.0. The van der Waals surface area contributed by atoms with Gasteiger partial charge in [-0.15, -0.1) is 0 Å². The number of hydrogen-bond acceptors (Lipinski definition) is 13. The van der Waals surface area contributed by atoms with Gasteiger partial charge in [0, 0.05) is 169 Å². The van der Waals surface area contributed by atoms with Gasteiger partial charge in [0.25, 0.3) is 0 Å². The second-order valence-corrected chi connectivity index (χ2v) is 41.7. The molecular formula is C92H112Cl2N10O9S3. The van der Waals surface area contributed by atoms with Gasteiger partial charge in [0.1, 0.15) is 0 Å². The van der Waals surface area contributed by atoms with E-state index in [0.29, 0.717) is 127 Å². The lowest BCUT2D eigenvalue weighted by atomic mass is 9.85. The number of aryl methyl sites for hydroxylation is 3. The molecule has 0 bridgehead atoms. The molecule has 0 N–H and O–H groups in total. The molecule has 3 amide bonds. The summed E-state index contributed by atoms with van der Waals surface area (Å²) in [6.45, 7) is 21.9. The van der Waals surface area contributed by atoms with Gasteiger partial charge < -0.3 is 14.7 Å². The highest BCUT2D eigenvalue weighted by Crippen LogP contribution is 2.50. The molecule has 24 heteroatoms. The maximum absolute atomic E-state index is 13.6. The van der Waals surface area contributed by atoms with Crippen LogP contribution in [0.15, 0.2) is 173 Å². The van der Waals surface area contributed by atoms with E-state index >= 15 is 0 Å². The zero-order chi connectivity index (χ0) is 82.1. The molecule has 0 spiro atoms. The first-order valence-electron chi connectivity index (χ1n) is 42.1. The Hall–Kier alpha value is -8.28. The SMILES string of the molecule is CCS(=O)(=O)c1ccc(CCC(=O)N2CC(c3cccc(C4CC4)c3)C(c3cc(C4CC4)nn3C(C)C)C2)cc1.CCS(=O)(=O)c1ccc(CCC(=O)N2CC(c3cccc(Cl)c3)C(c3cc(C4CC4)nn3C(C)C)C2)cc1.CCS(=O)(=O)c1ccc(CCC(=O)N2CC(c3cccc(Cl)c3)C(c3cc(C4CC4)nn3C(C)C)C2)nc1. The van der Waals surface area contributed by atoms with Gasteiger partial charge in [-0.25, -0.2) is 25.3 Å². The summed E-state index contributed by atoms with van der Waals surface area (Å²) in [5.41, 5.74) is 14.9. The summed E-state index contributed by atoms with van der Waals surface area (Å²) in [5, 5.41) is 16.4. The van der Waals surface area contributed by atoms with Crippen LogP contribution in [-0.2, 0) is 63.2 Å². The number of halogens is 2. The van der Waals surface area contributed by atoms with Gasteiger partial charge in [0.15, 0.2) is 29.5 Å². The van der Waals surface area contributed by atoms with Gasteiger partial charge in [0.05, 0.1) is 49.0 Å². The number of hydrogen-bond donors (Lipinski definition) is 0. The summed E-state index contributed by atoms with van der Waals surface area (Å²) < 4.78 is 79.2. The van der Waals surface area contributed by atoms with E-state index in [0.717, 1.165) is 22.3 Å². The van der Waals surface area contributed by atoms with Crippen molar-refractivity contribution >= 4 is 70.4 Å². The molecule has 4 aliphatic carbocycles. The predicted molar refractivity (Wildman–Crippen MR) is 457 cm³/mol. The van der Waals surface area contributed by atoms with Crippen molar-refractivity contribution in [3.05, 3.63) is 241 Å². The molecular weight excluding hydrogens is 1560 g/mol. The van der Waals surface area contributed by atoms with E-state index in [-0.39, 0.29) is 93.5 Å². The van der Waals surface area contributed by atoms with E-state index in [1.165, 1.54) is 103 Å². The van der Waals surface area contributed by atoms with Gasteiger partial charge in [-0.2, -0.15) is 15.3 Å². The van der Waals surface area contributed by atoms with E-state index in [4.69, 9.17) is 38.5 Å². The van der Waals surface area contributed by atoms with Crippen LogP contribution in [0.4, 0.5) is 0 Å². The van der Waals surface area contributed by atoms with Gasteiger partial charge in [0.2, 0.25) is 17.7 Å². The third-order valence-electron chi connectivity index (χ3n) is 24.6. The molecule has 7 heterocycles. The van der Waals surface area contributed by atoms with Crippen LogP contribution in [-0.4, -0.2) is 149 Å². The van der Waals surface area contributed by atoms with Gasteiger partial charge in [-0.05, 0) is 230 Å². The minimum atomic E-state index is -3.29. The van der Waals surface area contributed by atoms with Crippen LogP contribution in [0.3, 0.4) is 0 Å². The van der Waals surface area contributed by atoms with Crippen molar-refractivity contribution in [2.24, 2.45) is 0 Å². The highest BCUT2D eigenvalue weighted by molar-refractivity contribution is 7.92. The summed E-state index contributed by atoms with van der Waals surface area (Å²) in [6.07, 6.45) is 13.9. The summed E-state index contributed by atoms with van der Waals surface area (Å²) in [7, 11) is -9.74. The number of pyridine rings is 1. The molecule has 616 valence electrons. The van der Waals surface area contributed by atoms with Crippen LogP contribution in [0.5, 0.6) is 0 Å². The minimum Gasteiger partial charge on any atom is -0.341 e. The molecule has 4 aromatic heterocycles. The first-order valence-corrected chi connectivity index (χ1v) is 47.8. The fourth-order valence-corrected chi connectivity index (χ4v) is 20.1. The Balaban J connectivity index is 0.000000144. The Kier molecular flexibility index (Phi) is 25.9. The second kappa shape index (κ2) is 35.7. The summed E-state index contributed by atoms with van der Waals surface area (Å²) in [5.74, 6) is 3.92. The molecule has 4 saturated carbocycles. The fourth-order valence-electron chi connectivity index (χ4n) is 17.1. The van der Waals surface area contributed by atoms with Crippen molar-refractivity contribution < 1.29 is 39.6 Å². The van der Waals surface area contributed by atoms with Crippen molar-refractivity contribution in [1.29, 1.82) is 0 Å². The number of aromatic nitrogens is 7. The van der Waals surface area contributed by atoms with Crippen LogP contribution < -0.4 is 0 Å². The Bertz CT molecular complexity index is 5140. The lowest BCUT2D eigenvalue weighted by Gasteiger charge is -2.22. The standard InChI is InChI=1S/C33H41N3O3S.C30H36ClN3O3S.C29H35ClN4O3S/c1-4-40(38,39)28-15-8-23(9-16-28)10-17-33(37)35-20-29(27-7-5-6-26(18-27)24-11-12-24)30(21-35)32-19-31(25-13-14-25)34-36(32)22(2)3;1-4-38(36,37)25-13-8-21(9-14-25)10-15-30(35)33-18-26(23-6-5-7-24(31)16-23)27(19-33)29-17-28(22-11-12-22)32-34(29)20(2)3;1-4-38(36,37)24-12-10-23(31-16-24)11-13-29(35)33-17-25(21-6-5-7-22(30)14-21)26(18-33)28-15-27(20-8-9-20)32-34(28)19(2)3/h5-9,15-16,18-19,22,24-25,29-30H,4,10-14,17,20-21H2,1-3H3;5-9,13-14,16-17,20,22,26-27H,4,10-12,15,18-19H2,1-3H3;5-7,10,12,14-16,19-20,25-26H,4,8-9,11,13,17-18H2,1-3H3.